The summed E-state index contributed by atoms with van der Waals surface area (Å²) in [6.45, 7) is 4.97. The van der Waals surface area contributed by atoms with Crippen LogP contribution in [0.25, 0.3) is 6.08 Å². The number of thiocarbonyl (C=S) groups is 1. The van der Waals surface area contributed by atoms with E-state index >= 15 is 0 Å². The molecule has 21 heavy (non-hydrogen) atoms. The highest BCUT2D eigenvalue weighted by atomic mass is 32.2. The zero-order valence-electron chi connectivity index (χ0n) is 12.2. The van der Waals surface area contributed by atoms with Crippen LogP contribution in [0.15, 0.2) is 23.1 Å². The topological polar surface area (TPSA) is 38.8 Å². The minimum Gasteiger partial charge on any atom is -0.493 e. The van der Waals surface area contributed by atoms with Gasteiger partial charge in [-0.05, 0) is 37.6 Å². The number of ether oxygens (including phenoxy) is 2. The molecular formula is C15H17NO3S2. The summed E-state index contributed by atoms with van der Waals surface area (Å²) in [7, 11) is 1.60. The summed E-state index contributed by atoms with van der Waals surface area (Å²) in [6, 6.07) is 5.58. The largest absolute Gasteiger partial charge is 0.493 e. The SMILES string of the molecule is CCOc1cc(C=C2SC(=S)N(CC)C2=O)ccc1OC. The van der Waals surface area contributed by atoms with Gasteiger partial charge in [0.15, 0.2) is 11.5 Å². The Kier molecular flexibility index (Phi) is 5.25. The maximum absolute atomic E-state index is 12.2. The lowest BCUT2D eigenvalue weighted by atomic mass is 10.2. The second kappa shape index (κ2) is 6.95. The zero-order chi connectivity index (χ0) is 15.4. The summed E-state index contributed by atoms with van der Waals surface area (Å²) in [5.74, 6) is 1.30. The first kappa shape index (κ1) is 15.9. The fraction of sp³-hybridized carbons (Fsp3) is 0.333. The zero-order valence-corrected chi connectivity index (χ0v) is 13.8. The van der Waals surface area contributed by atoms with E-state index < -0.39 is 0 Å². The van der Waals surface area contributed by atoms with E-state index in [0.717, 1.165) is 5.56 Å². The maximum Gasteiger partial charge on any atom is 0.266 e. The molecule has 1 saturated heterocycles. The molecule has 0 aliphatic carbocycles. The van der Waals surface area contributed by atoms with Crippen molar-refractivity contribution in [3.05, 3.63) is 28.7 Å². The van der Waals surface area contributed by atoms with Crippen LogP contribution in [0.3, 0.4) is 0 Å². The van der Waals surface area contributed by atoms with Gasteiger partial charge in [-0.2, -0.15) is 0 Å². The van der Waals surface area contributed by atoms with Gasteiger partial charge in [0.1, 0.15) is 4.32 Å². The van der Waals surface area contributed by atoms with E-state index in [0.29, 0.717) is 33.9 Å². The highest BCUT2D eigenvalue weighted by molar-refractivity contribution is 8.26. The summed E-state index contributed by atoms with van der Waals surface area (Å²) in [4.78, 5) is 14.4. The molecule has 4 nitrogen and oxygen atoms in total. The van der Waals surface area contributed by atoms with Crippen LogP contribution in [0.2, 0.25) is 0 Å². The molecule has 0 bridgehead atoms. The number of likely N-dealkylation sites (N-methyl/N-ethyl adjacent to an activating group) is 1. The number of nitrogens with zero attached hydrogens (tertiary/aromatic N) is 1. The first-order chi connectivity index (χ1) is 10.1. The number of carbonyl (C=O) groups is 1. The van der Waals surface area contributed by atoms with Crippen LogP contribution in [-0.4, -0.2) is 35.4 Å². The predicted octanol–water partition coefficient (Wildman–Crippen LogP) is 3.32. The Morgan fingerprint density at radius 1 is 1.33 bits per heavy atom. The minimum absolute atomic E-state index is 0.0405. The van der Waals surface area contributed by atoms with Gasteiger partial charge in [-0.3, -0.25) is 9.69 Å². The minimum atomic E-state index is -0.0405. The van der Waals surface area contributed by atoms with Gasteiger partial charge < -0.3 is 9.47 Å². The Morgan fingerprint density at radius 2 is 2.10 bits per heavy atom. The number of hydrogen-bond acceptors (Lipinski definition) is 5. The van der Waals surface area contributed by atoms with Gasteiger partial charge >= 0.3 is 0 Å². The lowest BCUT2D eigenvalue weighted by molar-refractivity contribution is -0.121. The van der Waals surface area contributed by atoms with E-state index in [1.807, 2.05) is 38.1 Å². The summed E-state index contributed by atoms with van der Waals surface area (Å²) >= 11 is 6.53. The lowest BCUT2D eigenvalue weighted by Crippen LogP contribution is -2.27. The summed E-state index contributed by atoms with van der Waals surface area (Å²) in [6.07, 6.45) is 1.83. The molecule has 0 unspecified atom stereocenters. The number of carbonyl (C=O) groups excluding carboxylic acids is 1. The van der Waals surface area contributed by atoms with E-state index in [1.165, 1.54) is 11.8 Å². The average molecular weight is 323 g/mol. The first-order valence-corrected chi connectivity index (χ1v) is 7.89. The van der Waals surface area contributed by atoms with Gasteiger partial charge in [0, 0.05) is 6.54 Å². The van der Waals surface area contributed by atoms with E-state index in [4.69, 9.17) is 21.7 Å². The molecule has 2 rings (SSSR count). The Morgan fingerprint density at radius 3 is 2.67 bits per heavy atom. The second-order valence-corrected chi connectivity index (χ2v) is 5.95. The van der Waals surface area contributed by atoms with E-state index in [2.05, 4.69) is 0 Å². The van der Waals surface area contributed by atoms with Gasteiger partial charge in [0.2, 0.25) is 0 Å². The van der Waals surface area contributed by atoms with Crippen molar-refractivity contribution >= 4 is 40.3 Å². The molecule has 0 N–H and O–H groups in total. The fourth-order valence-electron chi connectivity index (χ4n) is 1.98. The Balaban J connectivity index is 2.31. The van der Waals surface area contributed by atoms with Crippen molar-refractivity contribution in [3.63, 3.8) is 0 Å². The number of benzene rings is 1. The molecule has 0 atom stereocenters. The van der Waals surface area contributed by atoms with Crippen molar-refractivity contribution in [1.29, 1.82) is 0 Å². The van der Waals surface area contributed by atoms with Crippen LogP contribution < -0.4 is 9.47 Å². The van der Waals surface area contributed by atoms with Crippen LogP contribution in [0.4, 0.5) is 0 Å². The third kappa shape index (κ3) is 3.39. The standard InChI is InChI=1S/C15H17NO3S2/c1-4-16-14(17)13(21-15(16)20)9-10-6-7-11(18-3)12(8-10)19-5-2/h6-9H,4-5H2,1-3H3. The number of methoxy groups -OCH3 is 1. The molecule has 1 aromatic rings. The van der Waals surface area contributed by atoms with Crippen LogP contribution in [0, 0.1) is 0 Å². The highest BCUT2D eigenvalue weighted by Gasteiger charge is 2.30. The Hall–Kier alpha value is -1.53. The van der Waals surface area contributed by atoms with Crippen LogP contribution in [0.1, 0.15) is 19.4 Å². The summed E-state index contributed by atoms with van der Waals surface area (Å²) in [5, 5.41) is 0. The molecule has 1 aromatic carbocycles. The Bertz CT molecular complexity index is 599. The molecule has 6 heteroatoms. The van der Waals surface area contributed by atoms with Crippen molar-refractivity contribution in [1.82, 2.24) is 4.90 Å². The van der Waals surface area contributed by atoms with Gasteiger partial charge in [-0.25, -0.2) is 0 Å². The van der Waals surface area contributed by atoms with E-state index in [-0.39, 0.29) is 5.91 Å². The van der Waals surface area contributed by atoms with Crippen LogP contribution in [0.5, 0.6) is 11.5 Å². The van der Waals surface area contributed by atoms with Crippen molar-refractivity contribution < 1.29 is 14.3 Å². The van der Waals surface area contributed by atoms with E-state index in [9.17, 15) is 4.79 Å². The molecule has 0 spiro atoms. The number of thioether (sulfide) groups is 1. The molecular weight excluding hydrogens is 306 g/mol. The molecule has 112 valence electrons. The van der Waals surface area contributed by atoms with E-state index in [1.54, 1.807) is 12.0 Å². The fourth-order valence-corrected chi connectivity index (χ4v) is 3.36. The highest BCUT2D eigenvalue weighted by Crippen LogP contribution is 2.34. The molecule has 1 amide bonds. The molecule has 1 fully saturated rings. The summed E-state index contributed by atoms with van der Waals surface area (Å²) < 4.78 is 11.4. The van der Waals surface area contributed by atoms with Gasteiger partial charge in [0.25, 0.3) is 5.91 Å². The van der Waals surface area contributed by atoms with Gasteiger partial charge in [0.05, 0.1) is 18.6 Å². The number of rotatable bonds is 5. The average Bonchev–Trinajstić information content (AvgIpc) is 2.73. The monoisotopic (exact) mass is 323 g/mol. The smallest absolute Gasteiger partial charge is 0.266 e. The number of hydrogen-bond donors (Lipinski definition) is 0. The van der Waals surface area contributed by atoms with Crippen LogP contribution in [-0.2, 0) is 4.79 Å². The summed E-state index contributed by atoms with van der Waals surface area (Å²) in [5.41, 5.74) is 0.885. The second-order valence-electron chi connectivity index (χ2n) is 4.27. The molecule has 0 radical (unpaired) electrons. The molecule has 1 aliphatic rings. The van der Waals surface area contributed by atoms with Crippen molar-refractivity contribution in [2.75, 3.05) is 20.3 Å². The van der Waals surface area contributed by atoms with Gasteiger partial charge in [-0.1, -0.05) is 30.0 Å². The lowest BCUT2D eigenvalue weighted by Gasteiger charge is -2.10. The quantitative estimate of drug-likeness (QED) is 0.614. The van der Waals surface area contributed by atoms with Crippen molar-refractivity contribution in [3.8, 4) is 11.5 Å². The number of amides is 1. The van der Waals surface area contributed by atoms with Crippen LogP contribution >= 0.6 is 24.0 Å². The molecule has 1 heterocycles. The first-order valence-electron chi connectivity index (χ1n) is 6.66. The van der Waals surface area contributed by atoms with Crippen molar-refractivity contribution in [2.45, 2.75) is 13.8 Å². The third-order valence-electron chi connectivity index (χ3n) is 2.98. The third-order valence-corrected chi connectivity index (χ3v) is 4.35. The normalized spacial score (nSPS) is 16.7. The molecule has 0 saturated carbocycles. The van der Waals surface area contributed by atoms with Crippen molar-refractivity contribution in [2.24, 2.45) is 0 Å². The Labute approximate surface area is 134 Å². The predicted molar refractivity (Wildman–Crippen MR) is 89.7 cm³/mol. The molecule has 0 aromatic heterocycles. The molecule has 1 aliphatic heterocycles. The van der Waals surface area contributed by atoms with Gasteiger partial charge in [-0.15, -0.1) is 0 Å². The maximum atomic E-state index is 12.2.